The van der Waals surface area contributed by atoms with E-state index in [2.05, 4.69) is 9.97 Å². The number of hydrogen-bond donors (Lipinski definition) is 1. The molecule has 0 bridgehead atoms. The molecular weight excluding hydrogens is 478 g/mol. The van der Waals surface area contributed by atoms with Gasteiger partial charge in [-0.3, -0.25) is 4.98 Å². The first-order valence-electron chi connectivity index (χ1n) is 12.5. The predicted octanol–water partition coefficient (Wildman–Crippen LogP) is 4.58. The lowest BCUT2D eigenvalue weighted by atomic mass is 10.1. The van der Waals surface area contributed by atoms with Gasteiger partial charge in [0.05, 0.1) is 37.3 Å². The molecule has 9 nitrogen and oxygen atoms in total. The van der Waals surface area contributed by atoms with Crippen LogP contribution in [0.3, 0.4) is 0 Å². The Labute approximate surface area is 217 Å². The van der Waals surface area contributed by atoms with E-state index in [-0.39, 0.29) is 17.4 Å². The Kier molecular flexibility index (Phi) is 9.95. The molecule has 0 saturated carbocycles. The molecule has 0 aliphatic heterocycles. The summed E-state index contributed by atoms with van der Waals surface area (Å²) in [6, 6.07) is 1.78. The Morgan fingerprint density at radius 3 is 2.61 bits per heavy atom. The number of ether oxygens (including phenoxy) is 2. The van der Waals surface area contributed by atoms with E-state index in [4.69, 9.17) is 19.6 Å². The second kappa shape index (κ2) is 12.7. The van der Waals surface area contributed by atoms with Crippen molar-refractivity contribution in [1.82, 2.24) is 23.7 Å². The van der Waals surface area contributed by atoms with Gasteiger partial charge in [0.15, 0.2) is 0 Å². The van der Waals surface area contributed by atoms with Crippen molar-refractivity contribution in [1.29, 1.82) is 0 Å². The van der Waals surface area contributed by atoms with E-state index in [0.29, 0.717) is 36.1 Å². The summed E-state index contributed by atoms with van der Waals surface area (Å²) >= 11 is -1.19. The van der Waals surface area contributed by atoms with Crippen molar-refractivity contribution in [3.8, 4) is 22.9 Å². The Morgan fingerprint density at radius 2 is 1.94 bits per heavy atom. The number of rotatable bonds is 13. The molecule has 3 heterocycles. The van der Waals surface area contributed by atoms with Crippen LogP contribution >= 0.6 is 0 Å². The van der Waals surface area contributed by atoms with Crippen LogP contribution in [-0.4, -0.2) is 64.9 Å². The minimum absolute atomic E-state index is 0.175. The standard InChI is InChI=1S/C26H39N5O4S/c1-7-31(36(33)26(3,4)5)19(2)21-16-20(23(34-6)17-28-21)22-18-30-13-12-27-24(30)25(29-22)35-15-11-9-8-10-14-32/h12-13,16-19,32H,7-11,14-15H2,1-6H3/t19-,36?/m1/s1. The van der Waals surface area contributed by atoms with E-state index < -0.39 is 11.4 Å². The van der Waals surface area contributed by atoms with Crippen molar-refractivity contribution in [3.05, 3.63) is 36.5 Å². The maximum Gasteiger partial charge on any atom is 0.258 e. The molecule has 0 spiro atoms. The molecule has 0 amide bonds. The normalized spacial score (nSPS) is 13.8. The van der Waals surface area contributed by atoms with Gasteiger partial charge in [0.2, 0.25) is 5.65 Å². The lowest BCUT2D eigenvalue weighted by Gasteiger charge is -2.35. The van der Waals surface area contributed by atoms with E-state index in [1.165, 1.54) is 0 Å². The second-order valence-corrected chi connectivity index (χ2v) is 11.8. The summed E-state index contributed by atoms with van der Waals surface area (Å²) in [6.45, 7) is 11.3. The highest BCUT2D eigenvalue weighted by Crippen LogP contribution is 2.35. The third-order valence-electron chi connectivity index (χ3n) is 5.93. The number of nitrogens with zero attached hydrogens (tertiary/aromatic N) is 5. The second-order valence-electron chi connectivity index (χ2n) is 9.66. The molecule has 3 rings (SSSR count). The van der Waals surface area contributed by atoms with Crippen molar-refractivity contribution in [2.24, 2.45) is 0 Å². The highest BCUT2D eigenvalue weighted by Gasteiger charge is 2.36. The van der Waals surface area contributed by atoms with Crippen molar-refractivity contribution < 1.29 is 19.1 Å². The molecule has 36 heavy (non-hydrogen) atoms. The van der Waals surface area contributed by atoms with E-state index in [0.717, 1.165) is 36.9 Å². The van der Waals surface area contributed by atoms with Crippen LogP contribution in [0.15, 0.2) is 30.9 Å². The number of hydrogen-bond acceptors (Lipinski definition) is 8. The molecule has 0 saturated heterocycles. The molecule has 3 aromatic rings. The van der Waals surface area contributed by atoms with Crippen molar-refractivity contribution in [2.75, 3.05) is 26.9 Å². The first-order chi connectivity index (χ1) is 17.2. The van der Waals surface area contributed by atoms with Crippen LogP contribution in [0.2, 0.25) is 0 Å². The van der Waals surface area contributed by atoms with Gasteiger partial charge in [0, 0.05) is 48.7 Å². The first-order valence-corrected chi connectivity index (χ1v) is 13.6. The summed E-state index contributed by atoms with van der Waals surface area (Å²) in [6.07, 6.45) is 10.8. The summed E-state index contributed by atoms with van der Waals surface area (Å²) in [4.78, 5) is 13.8. The van der Waals surface area contributed by atoms with Crippen LogP contribution in [0.25, 0.3) is 16.9 Å². The zero-order valence-electron chi connectivity index (χ0n) is 22.2. The van der Waals surface area contributed by atoms with E-state index in [9.17, 15) is 4.55 Å². The lowest BCUT2D eigenvalue weighted by molar-refractivity contribution is 0.271. The van der Waals surface area contributed by atoms with Gasteiger partial charge in [0.1, 0.15) is 10.5 Å². The molecule has 0 aromatic carbocycles. The Bertz CT molecular complexity index is 1120. The van der Waals surface area contributed by atoms with Crippen LogP contribution < -0.4 is 9.47 Å². The monoisotopic (exact) mass is 517 g/mol. The quantitative estimate of drug-likeness (QED) is 0.259. The van der Waals surface area contributed by atoms with E-state index >= 15 is 0 Å². The summed E-state index contributed by atoms with van der Waals surface area (Å²) in [5, 5.41) is 8.95. The lowest BCUT2D eigenvalue weighted by Crippen LogP contribution is -2.44. The highest BCUT2D eigenvalue weighted by atomic mass is 32.2. The molecule has 0 fully saturated rings. The van der Waals surface area contributed by atoms with Gasteiger partial charge in [-0.25, -0.2) is 9.97 Å². The molecule has 198 valence electrons. The molecule has 1 N–H and O–H groups in total. The topological polar surface area (TPSA) is 108 Å². The number of aliphatic hydroxyl groups excluding tert-OH is 1. The fraction of sp³-hybridized carbons (Fsp3) is 0.577. The molecule has 0 aliphatic rings. The number of unbranched alkanes of at least 4 members (excludes halogenated alkanes) is 3. The number of aliphatic hydroxyl groups is 1. The number of fused-ring (bicyclic) bond motifs is 1. The maximum absolute atomic E-state index is 13.2. The predicted molar refractivity (Wildman–Crippen MR) is 143 cm³/mol. The van der Waals surface area contributed by atoms with Gasteiger partial charge in [-0.05, 0) is 59.9 Å². The summed E-state index contributed by atoms with van der Waals surface area (Å²) in [7, 11) is 1.61. The van der Waals surface area contributed by atoms with Crippen molar-refractivity contribution in [3.63, 3.8) is 0 Å². The summed E-state index contributed by atoms with van der Waals surface area (Å²) in [5.74, 6) is 1.05. The number of methoxy groups -OCH3 is 1. The number of aromatic nitrogens is 4. The van der Waals surface area contributed by atoms with Gasteiger partial charge >= 0.3 is 0 Å². The Morgan fingerprint density at radius 1 is 1.19 bits per heavy atom. The zero-order chi connectivity index (χ0) is 26.3. The molecule has 0 aliphatic carbocycles. The van der Waals surface area contributed by atoms with Gasteiger partial charge in [-0.1, -0.05) is 6.42 Å². The molecule has 3 aromatic heterocycles. The van der Waals surface area contributed by atoms with Crippen LogP contribution in [-0.2, 0) is 11.4 Å². The summed E-state index contributed by atoms with van der Waals surface area (Å²) < 4.78 is 28.3. The number of pyridine rings is 1. The third-order valence-corrected chi connectivity index (χ3v) is 7.98. The van der Waals surface area contributed by atoms with Gasteiger partial charge < -0.3 is 23.5 Å². The first kappa shape index (κ1) is 28.2. The van der Waals surface area contributed by atoms with E-state index in [1.54, 1.807) is 19.5 Å². The van der Waals surface area contributed by atoms with Crippen LogP contribution in [0.5, 0.6) is 11.6 Å². The Hall–Kier alpha value is -2.40. The largest absolute Gasteiger partial charge is 0.597 e. The minimum atomic E-state index is -1.19. The van der Waals surface area contributed by atoms with Crippen molar-refractivity contribution in [2.45, 2.75) is 71.1 Å². The molecule has 1 unspecified atom stereocenters. The molecule has 0 radical (unpaired) electrons. The molecule has 10 heteroatoms. The van der Waals surface area contributed by atoms with Gasteiger partial charge in [-0.2, -0.15) is 0 Å². The summed E-state index contributed by atoms with van der Waals surface area (Å²) in [5.41, 5.74) is 2.87. The fourth-order valence-electron chi connectivity index (χ4n) is 3.95. The highest BCUT2D eigenvalue weighted by molar-refractivity contribution is 7.90. The number of imidazole rings is 1. The fourth-order valence-corrected chi connectivity index (χ4v) is 5.28. The minimum Gasteiger partial charge on any atom is -0.597 e. The zero-order valence-corrected chi connectivity index (χ0v) is 23.0. The average Bonchev–Trinajstić information content (AvgIpc) is 3.34. The van der Waals surface area contributed by atoms with Crippen LogP contribution in [0.4, 0.5) is 0 Å². The molecular formula is C26H39N5O4S. The van der Waals surface area contributed by atoms with Crippen LogP contribution in [0.1, 0.15) is 72.0 Å². The molecule has 2 atom stereocenters. The van der Waals surface area contributed by atoms with Crippen molar-refractivity contribution >= 4 is 17.0 Å². The Balaban J connectivity index is 1.94. The SMILES string of the molecule is CCN([C@H](C)c1cc(-c2cn3ccnc3c(OCCCCCCO)n2)c(OC)cn1)[S+]([O-])C(C)(C)C. The third kappa shape index (κ3) is 6.67. The smallest absolute Gasteiger partial charge is 0.258 e. The van der Waals surface area contributed by atoms with Crippen LogP contribution in [0, 0.1) is 0 Å². The maximum atomic E-state index is 13.2. The van der Waals surface area contributed by atoms with Gasteiger partial charge in [0.25, 0.3) is 5.88 Å². The van der Waals surface area contributed by atoms with E-state index in [1.807, 2.05) is 61.8 Å². The average molecular weight is 518 g/mol. The van der Waals surface area contributed by atoms with Gasteiger partial charge in [-0.15, -0.1) is 4.31 Å².